The third-order valence-electron chi connectivity index (χ3n) is 1.86. The fraction of sp³-hybridized carbons (Fsp3) is 1.00. The molecular weight excluding hydrogens is 215 g/mol. The van der Waals surface area contributed by atoms with Crippen molar-refractivity contribution < 1.29 is 26.2 Å². The molecule has 0 heterocycles. The summed E-state index contributed by atoms with van der Waals surface area (Å²) in [5, 5.41) is 4.72. The third kappa shape index (κ3) is 5.11. The Balaban J connectivity index is 0. The maximum atomic E-state index is 2.36. The van der Waals surface area contributed by atoms with E-state index >= 15 is 0 Å². The monoisotopic (exact) mass is 234 g/mol. The fourth-order valence-electron chi connectivity index (χ4n) is 1.25. The Morgan fingerprint density at radius 3 is 0.909 bits per heavy atom. The summed E-state index contributed by atoms with van der Waals surface area (Å²) in [5.41, 5.74) is 0. The molecule has 0 unspecified atom stereocenters. The molecule has 0 rings (SSSR count). The Morgan fingerprint density at radius 2 is 0.818 bits per heavy atom. The molecule has 0 fully saturated rings. The number of hydrazine groups is 1. The summed E-state index contributed by atoms with van der Waals surface area (Å²) in [4.78, 5) is 0. The van der Waals surface area contributed by atoms with Crippen molar-refractivity contribution in [2.75, 3.05) is 26.2 Å². The fourth-order valence-corrected chi connectivity index (χ4v) is 1.25. The second-order valence-electron chi connectivity index (χ2n) is 2.28. The van der Waals surface area contributed by atoms with Gasteiger partial charge in [0.25, 0.3) is 0 Å². The van der Waals surface area contributed by atoms with E-state index in [9.17, 15) is 0 Å². The van der Waals surface area contributed by atoms with E-state index in [4.69, 9.17) is 0 Å². The molecule has 0 aromatic carbocycles. The van der Waals surface area contributed by atoms with Crippen LogP contribution in [0.25, 0.3) is 0 Å². The van der Waals surface area contributed by atoms with E-state index in [2.05, 4.69) is 37.7 Å². The van der Waals surface area contributed by atoms with Crippen molar-refractivity contribution in [1.82, 2.24) is 10.0 Å². The van der Waals surface area contributed by atoms with Crippen molar-refractivity contribution in [3.8, 4) is 0 Å². The second kappa shape index (κ2) is 8.90. The van der Waals surface area contributed by atoms with Crippen LogP contribution >= 0.6 is 0 Å². The van der Waals surface area contributed by atoms with Gasteiger partial charge in [0.2, 0.25) is 0 Å². The minimum Gasteiger partial charge on any atom is -0.242 e. The second-order valence-corrected chi connectivity index (χ2v) is 2.28. The van der Waals surface area contributed by atoms with Gasteiger partial charge in [-0.15, -0.1) is 0 Å². The van der Waals surface area contributed by atoms with Gasteiger partial charge in [-0.3, -0.25) is 0 Å². The van der Waals surface area contributed by atoms with Crippen molar-refractivity contribution in [2.45, 2.75) is 27.7 Å². The molecule has 0 N–H and O–H groups in total. The molecule has 3 heteroatoms. The van der Waals surface area contributed by atoms with Gasteiger partial charge in [-0.2, -0.15) is 0 Å². The number of hydrogen-bond donors (Lipinski definition) is 0. The number of hydrogen-bond acceptors (Lipinski definition) is 2. The van der Waals surface area contributed by atoms with Crippen molar-refractivity contribution in [3.05, 3.63) is 0 Å². The summed E-state index contributed by atoms with van der Waals surface area (Å²) in [7, 11) is 0. The summed E-state index contributed by atoms with van der Waals surface area (Å²) in [6, 6.07) is 0. The number of nitrogens with zero attached hydrogens (tertiary/aromatic N) is 2. The van der Waals surface area contributed by atoms with E-state index in [1.165, 1.54) is 0 Å². The van der Waals surface area contributed by atoms with Gasteiger partial charge in [0.05, 0.1) is 0 Å². The maximum absolute atomic E-state index is 2.36. The molecule has 0 aromatic rings. The van der Waals surface area contributed by atoms with E-state index in [1.807, 2.05) is 0 Å². The van der Waals surface area contributed by atoms with Crippen LogP contribution in [0.2, 0.25) is 0 Å². The standard InChI is InChI=1S/C8H20N2.Zr/c1-5-9(6-2)10(7-3)8-4;/h5-8H2,1-4H3;. The summed E-state index contributed by atoms with van der Waals surface area (Å²) in [6.45, 7) is 13.3. The molecule has 66 valence electrons. The van der Waals surface area contributed by atoms with Crippen molar-refractivity contribution in [3.63, 3.8) is 0 Å². The average molecular weight is 235 g/mol. The maximum Gasteiger partial charge on any atom is 0.0104 e. The van der Waals surface area contributed by atoms with Gasteiger partial charge in [0.15, 0.2) is 0 Å². The quantitative estimate of drug-likeness (QED) is 0.668. The third-order valence-corrected chi connectivity index (χ3v) is 1.86. The summed E-state index contributed by atoms with van der Waals surface area (Å²) in [6.07, 6.45) is 0. The van der Waals surface area contributed by atoms with Crippen molar-refractivity contribution in [1.29, 1.82) is 0 Å². The largest absolute Gasteiger partial charge is 0.242 e. The van der Waals surface area contributed by atoms with Gasteiger partial charge < -0.3 is 0 Å². The zero-order chi connectivity index (χ0) is 7.98. The Morgan fingerprint density at radius 1 is 0.636 bits per heavy atom. The minimum absolute atomic E-state index is 0. The topological polar surface area (TPSA) is 6.48 Å². The first-order valence-corrected chi connectivity index (χ1v) is 4.29. The van der Waals surface area contributed by atoms with Crippen LogP contribution < -0.4 is 0 Å². The molecule has 0 aromatic heterocycles. The predicted octanol–water partition coefficient (Wildman–Crippen LogP) is 1.58. The van der Waals surface area contributed by atoms with E-state index in [-0.39, 0.29) is 26.2 Å². The minimum atomic E-state index is 0. The zero-order valence-corrected chi connectivity index (χ0v) is 10.7. The zero-order valence-electron chi connectivity index (χ0n) is 8.22. The van der Waals surface area contributed by atoms with Crippen LogP contribution in [0, 0.1) is 0 Å². The normalized spacial score (nSPS) is 10.4. The summed E-state index contributed by atoms with van der Waals surface area (Å²) < 4.78 is 0. The first kappa shape index (κ1) is 14.3. The Labute approximate surface area is 90.0 Å². The van der Waals surface area contributed by atoms with Crippen LogP contribution in [0.1, 0.15) is 27.7 Å². The average Bonchev–Trinajstić information content (AvgIpc) is 2.00. The summed E-state index contributed by atoms with van der Waals surface area (Å²) >= 11 is 0. The molecule has 0 bridgehead atoms. The molecule has 11 heavy (non-hydrogen) atoms. The van der Waals surface area contributed by atoms with Gasteiger partial charge in [-0.05, 0) is 0 Å². The molecule has 0 atom stereocenters. The van der Waals surface area contributed by atoms with E-state index in [1.54, 1.807) is 0 Å². The molecule has 0 aliphatic carbocycles. The molecule has 0 saturated carbocycles. The molecule has 0 radical (unpaired) electrons. The van der Waals surface area contributed by atoms with Crippen LogP contribution in [0.3, 0.4) is 0 Å². The molecule has 0 amide bonds. The Hall–Kier alpha value is 0.803. The van der Waals surface area contributed by atoms with Crippen LogP contribution in [0.15, 0.2) is 0 Å². The Bertz CT molecular complexity index is 60.5. The van der Waals surface area contributed by atoms with Crippen LogP contribution in [-0.2, 0) is 26.2 Å². The van der Waals surface area contributed by atoms with Crippen LogP contribution in [0.4, 0.5) is 0 Å². The van der Waals surface area contributed by atoms with Gasteiger partial charge >= 0.3 is 0 Å². The van der Waals surface area contributed by atoms with Crippen LogP contribution in [0.5, 0.6) is 0 Å². The molecular formula is C8H20N2Zr. The molecule has 2 nitrogen and oxygen atoms in total. The van der Waals surface area contributed by atoms with Gasteiger partial charge in [-0.1, -0.05) is 27.7 Å². The molecule has 0 spiro atoms. The smallest absolute Gasteiger partial charge is 0.0104 e. The van der Waals surface area contributed by atoms with Gasteiger partial charge in [0, 0.05) is 52.4 Å². The molecule has 0 saturated heterocycles. The first-order chi connectivity index (χ1) is 4.79. The van der Waals surface area contributed by atoms with Crippen molar-refractivity contribution in [2.24, 2.45) is 0 Å². The summed E-state index contributed by atoms with van der Waals surface area (Å²) in [5.74, 6) is 0. The molecule has 0 aliphatic heterocycles. The predicted molar refractivity (Wildman–Crippen MR) is 45.8 cm³/mol. The van der Waals surface area contributed by atoms with E-state index in [0.717, 1.165) is 26.2 Å². The first-order valence-electron chi connectivity index (χ1n) is 4.29. The molecule has 0 aliphatic rings. The number of rotatable bonds is 5. The Kier molecular flexibility index (Phi) is 11.6. The van der Waals surface area contributed by atoms with Gasteiger partial charge in [-0.25, -0.2) is 10.0 Å². The van der Waals surface area contributed by atoms with Crippen LogP contribution in [-0.4, -0.2) is 36.2 Å². The van der Waals surface area contributed by atoms with E-state index < -0.39 is 0 Å². The van der Waals surface area contributed by atoms with Gasteiger partial charge in [0.1, 0.15) is 0 Å². The SMILES string of the molecule is CCN(CC)N(CC)CC.[Zr]. The van der Waals surface area contributed by atoms with Crippen molar-refractivity contribution >= 4 is 0 Å². The van der Waals surface area contributed by atoms with E-state index in [0.29, 0.717) is 0 Å².